The minimum absolute atomic E-state index is 0. The fraction of sp³-hybridized carbons (Fsp3) is 0.231. The number of benzene rings is 3. The van der Waals surface area contributed by atoms with E-state index in [0.29, 0.717) is 24.6 Å². The maximum absolute atomic E-state index is 13.0. The highest BCUT2D eigenvalue weighted by Gasteiger charge is 2.34. The average Bonchev–Trinajstić information content (AvgIpc) is 3.55. The highest BCUT2D eigenvalue weighted by molar-refractivity contribution is 5.97. The molecule has 0 spiro atoms. The lowest BCUT2D eigenvalue weighted by atomic mass is 10.0. The van der Waals surface area contributed by atoms with Gasteiger partial charge in [-0.05, 0) is 35.2 Å². The van der Waals surface area contributed by atoms with Crippen molar-refractivity contribution < 1.29 is 9.59 Å². The highest BCUT2D eigenvalue weighted by Crippen LogP contribution is 2.39. The summed E-state index contributed by atoms with van der Waals surface area (Å²) in [5.74, 6) is 0.153. The van der Waals surface area contributed by atoms with Crippen LogP contribution >= 0.6 is 12.4 Å². The molecule has 0 heterocycles. The van der Waals surface area contributed by atoms with Gasteiger partial charge in [-0.15, -0.1) is 12.4 Å². The Hall–Kier alpha value is -3.35. The highest BCUT2D eigenvalue weighted by atomic mass is 35.5. The van der Waals surface area contributed by atoms with Crippen molar-refractivity contribution in [1.29, 1.82) is 0 Å². The van der Waals surface area contributed by atoms with Crippen LogP contribution in [0, 0.1) is 0 Å². The molecule has 3 atom stereocenters. The van der Waals surface area contributed by atoms with Crippen LogP contribution < -0.4 is 21.7 Å². The molecule has 0 aliphatic heterocycles. The van der Waals surface area contributed by atoms with Gasteiger partial charge in [-0.25, -0.2) is 4.79 Å². The summed E-state index contributed by atoms with van der Waals surface area (Å²) in [6, 6.07) is 26.2. The standard InChI is InChI=1S/C26H28N4O2.ClH/c27-23-16-22(23)20-11-13-21(14-12-20)29-25(31)24(15-18-7-3-1-4-8-18)30-26(32)28-17-19-9-5-2-6-10-19;/h1-14,22-24H,15-17,27H2,(H,29,31)(H2,28,30,32);1H. The second kappa shape index (κ2) is 11.5. The first-order valence-electron chi connectivity index (χ1n) is 10.9. The number of carbonyl (C=O) groups is 2. The van der Waals surface area contributed by atoms with Crippen LogP contribution in [0.4, 0.5) is 10.5 Å². The molecule has 33 heavy (non-hydrogen) atoms. The first-order valence-corrected chi connectivity index (χ1v) is 10.9. The quantitative estimate of drug-likeness (QED) is 0.406. The Morgan fingerprint density at radius 1 is 0.879 bits per heavy atom. The van der Waals surface area contributed by atoms with Gasteiger partial charge < -0.3 is 21.7 Å². The zero-order chi connectivity index (χ0) is 22.3. The molecule has 0 bridgehead atoms. The number of urea groups is 1. The van der Waals surface area contributed by atoms with Crippen LogP contribution in [0.25, 0.3) is 0 Å². The van der Waals surface area contributed by atoms with E-state index in [1.165, 1.54) is 5.56 Å². The van der Waals surface area contributed by atoms with Crippen LogP contribution in [-0.4, -0.2) is 24.0 Å². The summed E-state index contributed by atoms with van der Waals surface area (Å²) in [5.41, 5.74) is 9.76. The van der Waals surface area contributed by atoms with Crippen molar-refractivity contribution in [3.63, 3.8) is 0 Å². The lowest BCUT2D eigenvalue weighted by Crippen LogP contribution is -2.49. The van der Waals surface area contributed by atoms with Gasteiger partial charge in [-0.2, -0.15) is 0 Å². The molecule has 172 valence electrons. The maximum atomic E-state index is 13.0. The monoisotopic (exact) mass is 464 g/mol. The lowest BCUT2D eigenvalue weighted by Gasteiger charge is -2.19. The van der Waals surface area contributed by atoms with Crippen LogP contribution in [0.2, 0.25) is 0 Å². The zero-order valence-corrected chi connectivity index (χ0v) is 19.1. The Kier molecular flexibility index (Phi) is 8.46. The Morgan fingerprint density at radius 3 is 2.03 bits per heavy atom. The predicted octanol–water partition coefficient (Wildman–Crippen LogP) is 3.97. The first kappa shape index (κ1) is 24.3. The first-order chi connectivity index (χ1) is 15.6. The van der Waals surface area contributed by atoms with E-state index in [0.717, 1.165) is 17.5 Å². The van der Waals surface area contributed by atoms with Crippen molar-refractivity contribution in [3.8, 4) is 0 Å². The summed E-state index contributed by atoms with van der Waals surface area (Å²) in [4.78, 5) is 25.6. The smallest absolute Gasteiger partial charge is 0.315 e. The van der Waals surface area contributed by atoms with E-state index in [4.69, 9.17) is 5.73 Å². The van der Waals surface area contributed by atoms with Crippen LogP contribution in [0.15, 0.2) is 84.9 Å². The molecule has 1 fully saturated rings. The number of anilines is 1. The van der Waals surface area contributed by atoms with E-state index in [1.54, 1.807) is 0 Å². The van der Waals surface area contributed by atoms with Crippen molar-refractivity contribution >= 4 is 30.0 Å². The maximum Gasteiger partial charge on any atom is 0.315 e. The number of halogens is 1. The summed E-state index contributed by atoms with van der Waals surface area (Å²) in [5, 5.41) is 8.57. The Bertz CT molecular complexity index is 1040. The fourth-order valence-corrected chi connectivity index (χ4v) is 3.69. The molecule has 6 nitrogen and oxygen atoms in total. The number of rotatable bonds is 8. The van der Waals surface area contributed by atoms with Crippen molar-refractivity contribution in [2.45, 2.75) is 37.4 Å². The number of hydrogen-bond acceptors (Lipinski definition) is 3. The third-order valence-corrected chi connectivity index (χ3v) is 5.65. The van der Waals surface area contributed by atoms with Gasteiger partial charge in [0.1, 0.15) is 6.04 Å². The number of hydrogen-bond donors (Lipinski definition) is 4. The van der Waals surface area contributed by atoms with Gasteiger partial charge in [0.05, 0.1) is 0 Å². The SMILES string of the molecule is Cl.NC1CC1c1ccc(NC(=O)C(Cc2ccccc2)NC(=O)NCc2ccccc2)cc1. The molecule has 0 radical (unpaired) electrons. The Labute approximate surface area is 200 Å². The molecule has 4 rings (SSSR count). The second-order valence-electron chi connectivity index (χ2n) is 8.17. The van der Waals surface area contributed by atoms with E-state index >= 15 is 0 Å². The van der Waals surface area contributed by atoms with Crippen LogP contribution in [0.5, 0.6) is 0 Å². The van der Waals surface area contributed by atoms with E-state index in [9.17, 15) is 9.59 Å². The van der Waals surface area contributed by atoms with Gasteiger partial charge >= 0.3 is 6.03 Å². The molecule has 0 saturated heterocycles. The largest absolute Gasteiger partial charge is 0.334 e. The van der Waals surface area contributed by atoms with Gasteiger partial charge in [0, 0.05) is 30.6 Å². The number of nitrogens with two attached hydrogens (primary N) is 1. The van der Waals surface area contributed by atoms with Gasteiger partial charge in [0.25, 0.3) is 0 Å². The fourth-order valence-electron chi connectivity index (χ4n) is 3.69. The molecule has 3 aromatic carbocycles. The average molecular weight is 465 g/mol. The summed E-state index contributed by atoms with van der Waals surface area (Å²) < 4.78 is 0. The minimum Gasteiger partial charge on any atom is -0.334 e. The van der Waals surface area contributed by atoms with Gasteiger partial charge in [0.15, 0.2) is 0 Å². The van der Waals surface area contributed by atoms with Gasteiger partial charge in [-0.1, -0.05) is 72.8 Å². The summed E-state index contributed by atoms with van der Waals surface area (Å²) in [6.45, 7) is 0.386. The molecule has 1 aliphatic rings. The van der Waals surface area contributed by atoms with E-state index in [2.05, 4.69) is 16.0 Å². The summed E-state index contributed by atoms with van der Waals surface area (Å²) in [6.07, 6.45) is 1.40. The Balaban J connectivity index is 0.00000306. The molecule has 3 amide bonds. The topological polar surface area (TPSA) is 96.2 Å². The number of amides is 3. The molecular formula is C26H29ClN4O2. The lowest BCUT2D eigenvalue weighted by molar-refractivity contribution is -0.117. The molecule has 5 N–H and O–H groups in total. The molecule has 3 aromatic rings. The zero-order valence-electron chi connectivity index (χ0n) is 18.2. The van der Waals surface area contributed by atoms with Crippen LogP contribution in [0.1, 0.15) is 29.0 Å². The van der Waals surface area contributed by atoms with E-state index < -0.39 is 6.04 Å². The summed E-state index contributed by atoms with van der Waals surface area (Å²) >= 11 is 0. The number of carbonyl (C=O) groups excluding carboxylic acids is 2. The van der Waals surface area contributed by atoms with Crippen LogP contribution in [0.3, 0.4) is 0 Å². The van der Waals surface area contributed by atoms with Crippen LogP contribution in [-0.2, 0) is 17.8 Å². The third-order valence-electron chi connectivity index (χ3n) is 5.65. The van der Waals surface area contributed by atoms with E-state index in [-0.39, 0.29) is 30.4 Å². The molecule has 3 unspecified atom stereocenters. The van der Waals surface area contributed by atoms with Gasteiger partial charge in [0.2, 0.25) is 5.91 Å². The van der Waals surface area contributed by atoms with Gasteiger partial charge in [-0.3, -0.25) is 4.79 Å². The molecular weight excluding hydrogens is 436 g/mol. The molecule has 1 saturated carbocycles. The van der Waals surface area contributed by atoms with Crippen molar-refractivity contribution in [1.82, 2.24) is 10.6 Å². The van der Waals surface area contributed by atoms with Crippen molar-refractivity contribution in [2.24, 2.45) is 5.73 Å². The minimum atomic E-state index is -0.718. The Morgan fingerprint density at radius 2 is 1.45 bits per heavy atom. The predicted molar refractivity (Wildman–Crippen MR) is 133 cm³/mol. The third kappa shape index (κ3) is 7.07. The second-order valence-corrected chi connectivity index (χ2v) is 8.17. The molecule has 0 aromatic heterocycles. The van der Waals surface area contributed by atoms with Crippen molar-refractivity contribution in [3.05, 3.63) is 102 Å². The molecule has 1 aliphatic carbocycles. The van der Waals surface area contributed by atoms with E-state index in [1.807, 2.05) is 84.9 Å². The van der Waals surface area contributed by atoms with Crippen molar-refractivity contribution in [2.75, 3.05) is 5.32 Å². The number of nitrogens with one attached hydrogen (secondary N) is 3. The summed E-state index contributed by atoms with van der Waals surface area (Å²) in [7, 11) is 0. The normalized spacial score (nSPS) is 17.2. The molecule has 7 heteroatoms.